The molecule has 3 N–H and O–H groups in total. The average Bonchev–Trinajstić information content (AvgIpc) is 2.49. The van der Waals surface area contributed by atoms with E-state index < -0.39 is 0 Å². The molecule has 0 unspecified atom stereocenters. The highest BCUT2D eigenvalue weighted by Crippen LogP contribution is 2.04. The second-order valence-corrected chi connectivity index (χ2v) is 5.28. The van der Waals surface area contributed by atoms with Crippen molar-refractivity contribution in [3.63, 3.8) is 0 Å². The summed E-state index contributed by atoms with van der Waals surface area (Å²) in [5, 5.41) is 8.34. The highest BCUT2D eigenvalue weighted by molar-refractivity contribution is 5.94. The number of carbonyl (C=O) groups excluding carboxylic acids is 2. The van der Waals surface area contributed by atoms with Crippen molar-refractivity contribution in [3.8, 4) is 0 Å². The number of methoxy groups -OCH3 is 1. The van der Waals surface area contributed by atoms with E-state index in [1.165, 1.54) is 0 Å². The summed E-state index contributed by atoms with van der Waals surface area (Å²) in [6.45, 7) is 5.45. The van der Waals surface area contributed by atoms with Gasteiger partial charge in [0.15, 0.2) is 0 Å². The minimum atomic E-state index is -0.199. The van der Waals surface area contributed by atoms with Crippen LogP contribution in [0.25, 0.3) is 0 Å². The van der Waals surface area contributed by atoms with E-state index in [4.69, 9.17) is 4.74 Å². The number of urea groups is 1. The Balaban J connectivity index is 2.39. The highest BCUT2D eigenvalue weighted by atomic mass is 16.5. The van der Waals surface area contributed by atoms with Gasteiger partial charge < -0.3 is 20.7 Å². The van der Waals surface area contributed by atoms with Gasteiger partial charge >= 0.3 is 6.03 Å². The van der Waals surface area contributed by atoms with Crippen LogP contribution in [0.5, 0.6) is 0 Å². The zero-order valence-corrected chi connectivity index (χ0v) is 13.4. The van der Waals surface area contributed by atoms with Gasteiger partial charge in [0.25, 0.3) is 5.91 Å². The molecule has 1 aromatic carbocycles. The lowest BCUT2D eigenvalue weighted by atomic mass is 10.1. The lowest BCUT2D eigenvalue weighted by Gasteiger charge is -2.10. The van der Waals surface area contributed by atoms with Gasteiger partial charge in [-0.05, 0) is 38.0 Å². The highest BCUT2D eigenvalue weighted by Gasteiger charge is 2.05. The Morgan fingerprint density at radius 1 is 1.14 bits per heavy atom. The molecular weight excluding hydrogens is 282 g/mol. The monoisotopic (exact) mass is 307 g/mol. The minimum absolute atomic E-state index is 0.101. The molecule has 122 valence electrons. The van der Waals surface area contributed by atoms with Crippen LogP contribution in [0.3, 0.4) is 0 Å². The maximum atomic E-state index is 11.9. The fourth-order valence-electron chi connectivity index (χ4n) is 1.79. The van der Waals surface area contributed by atoms with Crippen molar-refractivity contribution in [1.82, 2.24) is 16.0 Å². The Bertz CT molecular complexity index is 472. The van der Waals surface area contributed by atoms with Gasteiger partial charge in [0.05, 0.1) is 0 Å². The average molecular weight is 307 g/mol. The Morgan fingerprint density at radius 3 is 2.41 bits per heavy atom. The molecule has 0 saturated carbocycles. The normalized spacial score (nSPS) is 10.4. The molecule has 6 heteroatoms. The lowest BCUT2D eigenvalue weighted by Crippen LogP contribution is -2.39. The maximum Gasteiger partial charge on any atom is 0.315 e. The van der Waals surface area contributed by atoms with E-state index in [1.54, 1.807) is 19.2 Å². The van der Waals surface area contributed by atoms with Gasteiger partial charge in [-0.1, -0.05) is 12.1 Å². The lowest BCUT2D eigenvalue weighted by molar-refractivity contribution is 0.0948. The summed E-state index contributed by atoms with van der Waals surface area (Å²) in [4.78, 5) is 23.4. The molecule has 0 spiro atoms. The van der Waals surface area contributed by atoms with Gasteiger partial charge in [-0.15, -0.1) is 0 Å². The first-order chi connectivity index (χ1) is 10.5. The third-order valence-electron chi connectivity index (χ3n) is 2.90. The van der Waals surface area contributed by atoms with Crippen molar-refractivity contribution in [3.05, 3.63) is 35.4 Å². The zero-order valence-electron chi connectivity index (χ0n) is 13.4. The number of amides is 3. The minimum Gasteiger partial charge on any atom is -0.385 e. The van der Waals surface area contributed by atoms with Crippen molar-refractivity contribution in [2.45, 2.75) is 32.9 Å². The fraction of sp³-hybridized carbons (Fsp3) is 0.500. The van der Waals surface area contributed by atoms with Crippen molar-refractivity contribution in [1.29, 1.82) is 0 Å². The van der Waals surface area contributed by atoms with Gasteiger partial charge in [-0.2, -0.15) is 0 Å². The molecular formula is C16H25N3O3. The Labute approximate surface area is 131 Å². The molecule has 0 bridgehead atoms. The molecule has 0 fully saturated rings. The molecule has 1 aromatic rings. The van der Waals surface area contributed by atoms with Crippen LogP contribution < -0.4 is 16.0 Å². The largest absolute Gasteiger partial charge is 0.385 e. The van der Waals surface area contributed by atoms with Gasteiger partial charge in [0.1, 0.15) is 0 Å². The van der Waals surface area contributed by atoms with E-state index in [2.05, 4.69) is 16.0 Å². The van der Waals surface area contributed by atoms with Gasteiger partial charge in [-0.3, -0.25) is 4.79 Å². The molecule has 0 aliphatic carbocycles. The Hall–Kier alpha value is -2.08. The topological polar surface area (TPSA) is 79.5 Å². The van der Waals surface area contributed by atoms with Crippen LogP contribution >= 0.6 is 0 Å². The quantitative estimate of drug-likeness (QED) is 0.639. The predicted octanol–water partition coefficient (Wildman–Crippen LogP) is 1.66. The van der Waals surface area contributed by atoms with E-state index in [1.807, 2.05) is 26.0 Å². The van der Waals surface area contributed by atoms with Crippen LogP contribution in [0.2, 0.25) is 0 Å². The number of nitrogens with one attached hydrogen (secondary N) is 3. The summed E-state index contributed by atoms with van der Waals surface area (Å²) in [5.41, 5.74) is 1.54. The van der Waals surface area contributed by atoms with E-state index in [-0.39, 0.29) is 18.0 Å². The molecule has 0 aliphatic rings. The standard InChI is InChI=1S/C16H25N3O3/c1-12(2)19-16(21)18-11-13-5-7-14(8-6-13)15(20)17-9-4-10-22-3/h5-8,12H,4,9-11H2,1-3H3,(H,17,20)(H2,18,19,21). The molecule has 3 amide bonds. The van der Waals surface area contributed by atoms with Gasteiger partial charge in [-0.25, -0.2) is 4.79 Å². The maximum absolute atomic E-state index is 11.9. The summed E-state index contributed by atoms with van der Waals surface area (Å²) in [6, 6.07) is 7.07. The molecule has 0 heterocycles. The molecule has 22 heavy (non-hydrogen) atoms. The summed E-state index contributed by atoms with van der Waals surface area (Å²) in [6.07, 6.45) is 0.787. The summed E-state index contributed by atoms with van der Waals surface area (Å²) in [7, 11) is 1.63. The molecule has 1 rings (SSSR count). The molecule has 0 aromatic heterocycles. The predicted molar refractivity (Wildman–Crippen MR) is 85.8 cm³/mol. The first kappa shape index (κ1) is 18.0. The SMILES string of the molecule is COCCCNC(=O)c1ccc(CNC(=O)NC(C)C)cc1. The molecule has 0 saturated heterocycles. The van der Waals surface area contributed by atoms with Crippen LogP contribution in [0, 0.1) is 0 Å². The van der Waals surface area contributed by atoms with Crippen molar-refractivity contribution in [2.75, 3.05) is 20.3 Å². The molecule has 0 radical (unpaired) electrons. The van der Waals surface area contributed by atoms with Crippen LogP contribution in [-0.4, -0.2) is 38.2 Å². The van der Waals surface area contributed by atoms with Crippen LogP contribution in [0.15, 0.2) is 24.3 Å². The smallest absolute Gasteiger partial charge is 0.315 e. The Kier molecular flexibility index (Phi) is 7.99. The zero-order chi connectivity index (χ0) is 16.4. The molecule has 0 atom stereocenters. The first-order valence-corrected chi connectivity index (χ1v) is 7.43. The van der Waals surface area contributed by atoms with E-state index in [0.29, 0.717) is 25.3 Å². The van der Waals surface area contributed by atoms with E-state index in [0.717, 1.165) is 12.0 Å². The van der Waals surface area contributed by atoms with Crippen molar-refractivity contribution >= 4 is 11.9 Å². The number of rotatable bonds is 8. The van der Waals surface area contributed by atoms with Crippen molar-refractivity contribution < 1.29 is 14.3 Å². The van der Waals surface area contributed by atoms with E-state index in [9.17, 15) is 9.59 Å². The van der Waals surface area contributed by atoms with Gasteiger partial charge in [0.2, 0.25) is 0 Å². The number of carbonyl (C=O) groups is 2. The van der Waals surface area contributed by atoms with Crippen molar-refractivity contribution in [2.24, 2.45) is 0 Å². The fourth-order valence-corrected chi connectivity index (χ4v) is 1.79. The third kappa shape index (κ3) is 7.08. The molecule has 6 nitrogen and oxygen atoms in total. The number of hydrogen-bond acceptors (Lipinski definition) is 3. The summed E-state index contributed by atoms with van der Waals surface area (Å²) in [5.74, 6) is -0.104. The third-order valence-corrected chi connectivity index (χ3v) is 2.90. The van der Waals surface area contributed by atoms with Crippen LogP contribution in [0.1, 0.15) is 36.2 Å². The van der Waals surface area contributed by atoms with Crippen LogP contribution in [-0.2, 0) is 11.3 Å². The second-order valence-electron chi connectivity index (χ2n) is 5.28. The Morgan fingerprint density at radius 2 is 1.82 bits per heavy atom. The second kappa shape index (κ2) is 9.78. The summed E-state index contributed by atoms with van der Waals surface area (Å²) >= 11 is 0. The number of hydrogen-bond donors (Lipinski definition) is 3. The van der Waals surface area contributed by atoms with Gasteiger partial charge in [0, 0.05) is 38.4 Å². The number of ether oxygens (including phenoxy) is 1. The summed E-state index contributed by atoms with van der Waals surface area (Å²) < 4.78 is 4.92. The van der Waals surface area contributed by atoms with E-state index >= 15 is 0 Å². The number of benzene rings is 1. The van der Waals surface area contributed by atoms with Crippen LogP contribution in [0.4, 0.5) is 4.79 Å². The first-order valence-electron chi connectivity index (χ1n) is 7.43. The molecule has 0 aliphatic heterocycles.